The van der Waals surface area contributed by atoms with Crippen LogP contribution in [0.15, 0.2) is 36.4 Å². The Labute approximate surface area is 97.1 Å². The minimum atomic E-state index is -0.942. The molecule has 0 saturated carbocycles. The molecule has 17 heavy (non-hydrogen) atoms. The molecule has 2 aromatic carbocycles. The first-order valence-corrected chi connectivity index (χ1v) is 4.99. The smallest absolute Gasteiger partial charge is 0.204 e. The van der Waals surface area contributed by atoms with Crippen LogP contribution in [-0.2, 0) is 0 Å². The summed E-state index contributed by atoms with van der Waals surface area (Å²) in [5.41, 5.74) is 1.03. The molecule has 0 aromatic heterocycles. The predicted octanol–water partition coefficient (Wildman–Crippen LogP) is 3.77. The summed E-state index contributed by atoms with van der Waals surface area (Å²) in [6.45, 7) is 1.90. The summed E-state index contributed by atoms with van der Waals surface area (Å²) in [6.07, 6.45) is 0. The predicted molar refractivity (Wildman–Crippen MR) is 59.3 cm³/mol. The fourth-order valence-electron chi connectivity index (χ4n) is 1.37. The Kier molecular flexibility index (Phi) is 2.95. The Bertz CT molecular complexity index is 513. The first-order valence-electron chi connectivity index (χ1n) is 4.99. The van der Waals surface area contributed by atoms with Crippen LogP contribution in [-0.4, -0.2) is 5.11 Å². The van der Waals surface area contributed by atoms with Crippen LogP contribution >= 0.6 is 0 Å². The molecule has 2 rings (SSSR count). The minimum absolute atomic E-state index is 0.372. The van der Waals surface area contributed by atoms with Gasteiger partial charge in [-0.15, -0.1) is 0 Å². The lowest BCUT2D eigenvalue weighted by Gasteiger charge is -2.08. The summed E-state index contributed by atoms with van der Waals surface area (Å²) in [7, 11) is 0. The molecule has 0 aliphatic rings. The molecule has 0 radical (unpaired) electrons. The molecular weight excluding hydrogens is 226 g/mol. The van der Waals surface area contributed by atoms with E-state index in [9.17, 15) is 13.9 Å². The van der Waals surface area contributed by atoms with Crippen LogP contribution < -0.4 is 4.74 Å². The van der Waals surface area contributed by atoms with E-state index < -0.39 is 17.4 Å². The number of hydrogen-bond donors (Lipinski definition) is 1. The quantitative estimate of drug-likeness (QED) is 0.859. The van der Waals surface area contributed by atoms with Gasteiger partial charge in [0.05, 0.1) is 0 Å². The van der Waals surface area contributed by atoms with E-state index in [1.165, 1.54) is 0 Å². The Balaban J connectivity index is 2.33. The zero-order valence-electron chi connectivity index (χ0n) is 9.08. The maximum absolute atomic E-state index is 13.4. The third-order valence-corrected chi connectivity index (χ3v) is 2.23. The fraction of sp³-hybridized carbons (Fsp3) is 0.0769. The van der Waals surface area contributed by atoms with Crippen molar-refractivity contribution in [1.29, 1.82) is 0 Å². The molecule has 2 nitrogen and oxygen atoms in total. The molecule has 0 spiro atoms. The van der Waals surface area contributed by atoms with Crippen molar-refractivity contribution < 1.29 is 18.6 Å². The molecule has 0 unspecified atom stereocenters. The number of rotatable bonds is 2. The zero-order chi connectivity index (χ0) is 12.4. The van der Waals surface area contributed by atoms with Gasteiger partial charge in [-0.2, -0.15) is 0 Å². The van der Waals surface area contributed by atoms with E-state index in [4.69, 9.17) is 4.74 Å². The van der Waals surface area contributed by atoms with Gasteiger partial charge >= 0.3 is 0 Å². The van der Waals surface area contributed by atoms with Crippen LogP contribution in [0.2, 0.25) is 0 Å². The highest BCUT2D eigenvalue weighted by Gasteiger charge is 2.12. The molecule has 0 amide bonds. The van der Waals surface area contributed by atoms with Crippen LogP contribution in [0.3, 0.4) is 0 Å². The average Bonchev–Trinajstić information content (AvgIpc) is 2.26. The fourth-order valence-corrected chi connectivity index (χ4v) is 1.37. The van der Waals surface area contributed by atoms with Gasteiger partial charge in [-0.05, 0) is 19.1 Å². The average molecular weight is 236 g/mol. The van der Waals surface area contributed by atoms with Gasteiger partial charge < -0.3 is 9.84 Å². The molecule has 2 aromatic rings. The highest BCUT2D eigenvalue weighted by molar-refractivity contribution is 5.43. The van der Waals surface area contributed by atoms with Crippen molar-refractivity contribution in [3.05, 3.63) is 53.6 Å². The summed E-state index contributed by atoms with van der Waals surface area (Å²) in [5.74, 6) is -2.37. The molecule has 0 aliphatic carbocycles. The van der Waals surface area contributed by atoms with E-state index >= 15 is 0 Å². The largest absolute Gasteiger partial charge is 0.504 e. The first-order chi connectivity index (χ1) is 8.06. The maximum atomic E-state index is 13.4. The summed E-state index contributed by atoms with van der Waals surface area (Å²) >= 11 is 0. The third-order valence-electron chi connectivity index (χ3n) is 2.23. The SMILES string of the molecule is Cc1ccc(Oc2c(O)cc(F)cc2F)cc1. The van der Waals surface area contributed by atoms with Crippen LogP contribution in [0.25, 0.3) is 0 Å². The number of ether oxygens (including phenoxy) is 1. The van der Waals surface area contributed by atoms with Gasteiger partial charge in [0, 0.05) is 12.1 Å². The summed E-state index contributed by atoms with van der Waals surface area (Å²) in [5, 5.41) is 9.38. The second-order valence-electron chi connectivity index (χ2n) is 3.65. The lowest BCUT2D eigenvalue weighted by molar-refractivity contribution is 0.383. The third kappa shape index (κ3) is 2.53. The number of halogens is 2. The normalized spacial score (nSPS) is 10.3. The van der Waals surface area contributed by atoms with E-state index in [1.54, 1.807) is 24.3 Å². The Hall–Kier alpha value is -2.10. The van der Waals surface area contributed by atoms with Gasteiger partial charge in [0.25, 0.3) is 0 Å². The van der Waals surface area contributed by atoms with Gasteiger partial charge in [-0.25, -0.2) is 8.78 Å². The van der Waals surface area contributed by atoms with E-state index in [-0.39, 0.29) is 5.75 Å². The van der Waals surface area contributed by atoms with Crippen molar-refractivity contribution in [2.75, 3.05) is 0 Å². The van der Waals surface area contributed by atoms with E-state index in [0.717, 1.165) is 11.6 Å². The molecule has 0 heterocycles. The minimum Gasteiger partial charge on any atom is -0.504 e. The van der Waals surface area contributed by atoms with Crippen LogP contribution in [0.5, 0.6) is 17.2 Å². The van der Waals surface area contributed by atoms with Crippen molar-refractivity contribution in [3.63, 3.8) is 0 Å². The lowest BCUT2D eigenvalue weighted by atomic mass is 10.2. The topological polar surface area (TPSA) is 29.5 Å². The molecule has 0 saturated heterocycles. The molecule has 4 heteroatoms. The van der Waals surface area contributed by atoms with Crippen molar-refractivity contribution in [3.8, 4) is 17.2 Å². The van der Waals surface area contributed by atoms with Crippen molar-refractivity contribution in [2.24, 2.45) is 0 Å². The highest BCUT2D eigenvalue weighted by atomic mass is 19.1. The number of hydrogen-bond acceptors (Lipinski definition) is 2. The number of phenolic OH excluding ortho intramolecular Hbond substituents is 1. The van der Waals surface area contributed by atoms with Gasteiger partial charge in [-0.1, -0.05) is 17.7 Å². The van der Waals surface area contributed by atoms with Crippen LogP contribution in [0.4, 0.5) is 8.78 Å². The Morgan fingerprint density at radius 1 is 1.06 bits per heavy atom. The van der Waals surface area contributed by atoms with Gasteiger partial charge in [-0.3, -0.25) is 0 Å². The second kappa shape index (κ2) is 4.41. The highest BCUT2D eigenvalue weighted by Crippen LogP contribution is 2.34. The summed E-state index contributed by atoms with van der Waals surface area (Å²) < 4.78 is 31.3. The second-order valence-corrected chi connectivity index (χ2v) is 3.65. The zero-order valence-corrected chi connectivity index (χ0v) is 9.08. The van der Waals surface area contributed by atoms with Gasteiger partial charge in [0.1, 0.15) is 11.6 Å². The van der Waals surface area contributed by atoms with Crippen molar-refractivity contribution in [1.82, 2.24) is 0 Å². The molecule has 88 valence electrons. The maximum Gasteiger partial charge on any atom is 0.204 e. The van der Waals surface area contributed by atoms with Gasteiger partial charge in [0.15, 0.2) is 11.6 Å². The first kappa shape index (κ1) is 11.4. The monoisotopic (exact) mass is 236 g/mol. The molecule has 0 fully saturated rings. The Morgan fingerprint density at radius 3 is 2.29 bits per heavy atom. The molecular formula is C13H10F2O2. The van der Waals surface area contributed by atoms with Crippen molar-refractivity contribution >= 4 is 0 Å². The number of benzene rings is 2. The number of aromatic hydroxyl groups is 1. The van der Waals surface area contributed by atoms with Crippen LogP contribution in [0.1, 0.15) is 5.56 Å². The summed E-state index contributed by atoms with van der Waals surface area (Å²) in [6, 6.07) is 8.30. The number of aryl methyl sites for hydroxylation is 1. The molecule has 0 atom stereocenters. The molecule has 0 aliphatic heterocycles. The lowest BCUT2D eigenvalue weighted by Crippen LogP contribution is -1.90. The summed E-state index contributed by atoms with van der Waals surface area (Å²) in [4.78, 5) is 0. The van der Waals surface area contributed by atoms with E-state index in [2.05, 4.69) is 0 Å². The van der Waals surface area contributed by atoms with Gasteiger partial charge in [0.2, 0.25) is 5.75 Å². The van der Waals surface area contributed by atoms with Crippen LogP contribution in [0, 0.1) is 18.6 Å². The number of phenols is 1. The molecule has 1 N–H and O–H groups in total. The Morgan fingerprint density at radius 2 is 1.71 bits per heavy atom. The van der Waals surface area contributed by atoms with Crippen molar-refractivity contribution in [2.45, 2.75) is 6.92 Å². The van der Waals surface area contributed by atoms with E-state index in [1.807, 2.05) is 6.92 Å². The standard InChI is InChI=1S/C13H10F2O2/c1-8-2-4-10(5-3-8)17-13-11(15)6-9(14)7-12(13)16/h2-7,16H,1H3. The van der Waals surface area contributed by atoms with E-state index in [0.29, 0.717) is 11.8 Å². The molecule has 0 bridgehead atoms.